The van der Waals surface area contributed by atoms with Gasteiger partial charge in [0, 0.05) is 5.56 Å². The standard InChI is InChI=1S/C13H17NO3/c1-4-14-9(2)12(15)10-5-7-11(8-6-10)13(16)17-3/h5-9,14H,4H2,1-3H3. The van der Waals surface area contributed by atoms with Gasteiger partial charge in [0.25, 0.3) is 0 Å². The Balaban J connectivity index is 2.80. The molecule has 0 heterocycles. The first-order valence-electron chi connectivity index (χ1n) is 5.56. The van der Waals surface area contributed by atoms with Gasteiger partial charge in [0.05, 0.1) is 18.7 Å². The van der Waals surface area contributed by atoms with Gasteiger partial charge in [-0.05, 0) is 25.6 Å². The third kappa shape index (κ3) is 3.39. The Morgan fingerprint density at radius 1 is 1.24 bits per heavy atom. The number of benzene rings is 1. The quantitative estimate of drug-likeness (QED) is 0.623. The number of methoxy groups -OCH3 is 1. The highest BCUT2D eigenvalue weighted by Gasteiger charge is 2.14. The number of ketones is 1. The number of carbonyl (C=O) groups is 2. The van der Waals surface area contributed by atoms with Crippen molar-refractivity contribution in [2.75, 3.05) is 13.7 Å². The van der Waals surface area contributed by atoms with Crippen LogP contribution in [0.1, 0.15) is 34.6 Å². The highest BCUT2D eigenvalue weighted by molar-refractivity contribution is 6.00. The van der Waals surface area contributed by atoms with Crippen LogP contribution in [-0.4, -0.2) is 31.4 Å². The monoisotopic (exact) mass is 235 g/mol. The predicted molar refractivity (Wildman–Crippen MR) is 65.3 cm³/mol. The first kappa shape index (κ1) is 13.4. The zero-order chi connectivity index (χ0) is 12.8. The summed E-state index contributed by atoms with van der Waals surface area (Å²) >= 11 is 0. The molecule has 0 saturated heterocycles. The third-order valence-corrected chi connectivity index (χ3v) is 2.49. The van der Waals surface area contributed by atoms with E-state index in [-0.39, 0.29) is 11.8 Å². The average Bonchev–Trinajstić information content (AvgIpc) is 2.37. The molecule has 4 heteroatoms. The lowest BCUT2D eigenvalue weighted by Crippen LogP contribution is -2.33. The van der Waals surface area contributed by atoms with Crippen molar-refractivity contribution in [3.8, 4) is 0 Å². The molecule has 0 saturated carbocycles. The molecule has 4 nitrogen and oxygen atoms in total. The van der Waals surface area contributed by atoms with E-state index in [0.29, 0.717) is 11.1 Å². The Kier molecular flexibility index (Phi) is 4.84. The van der Waals surface area contributed by atoms with Crippen molar-refractivity contribution in [3.05, 3.63) is 35.4 Å². The molecule has 17 heavy (non-hydrogen) atoms. The van der Waals surface area contributed by atoms with Gasteiger partial charge in [-0.3, -0.25) is 4.79 Å². The third-order valence-electron chi connectivity index (χ3n) is 2.49. The van der Waals surface area contributed by atoms with E-state index >= 15 is 0 Å². The Morgan fingerprint density at radius 3 is 2.24 bits per heavy atom. The van der Waals surface area contributed by atoms with E-state index in [4.69, 9.17) is 0 Å². The summed E-state index contributed by atoms with van der Waals surface area (Å²) in [6.07, 6.45) is 0. The Bertz CT molecular complexity index is 398. The molecule has 1 rings (SSSR count). The normalized spacial score (nSPS) is 11.9. The van der Waals surface area contributed by atoms with E-state index in [0.717, 1.165) is 6.54 Å². The van der Waals surface area contributed by atoms with Crippen LogP contribution < -0.4 is 5.32 Å². The lowest BCUT2D eigenvalue weighted by atomic mass is 10.0. The lowest BCUT2D eigenvalue weighted by molar-refractivity contribution is 0.0600. The number of hydrogen-bond donors (Lipinski definition) is 1. The molecule has 1 unspecified atom stereocenters. The first-order chi connectivity index (χ1) is 8.10. The second kappa shape index (κ2) is 6.15. The van der Waals surface area contributed by atoms with E-state index in [1.165, 1.54) is 7.11 Å². The Hall–Kier alpha value is -1.68. The highest BCUT2D eigenvalue weighted by atomic mass is 16.5. The zero-order valence-electron chi connectivity index (χ0n) is 10.3. The van der Waals surface area contributed by atoms with Crippen molar-refractivity contribution in [3.63, 3.8) is 0 Å². The molecule has 0 aromatic heterocycles. The Labute approximate surface area is 101 Å². The SMILES string of the molecule is CCNC(C)C(=O)c1ccc(C(=O)OC)cc1. The second-order valence-electron chi connectivity index (χ2n) is 3.71. The van der Waals surface area contributed by atoms with E-state index < -0.39 is 5.97 Å². The van der Waals surface area contributed by atoms with Crippen LogP contribution in [0.25, 0.3) is 0 Å². The van der Waals surface area contributed by atoms with E-state index in [1.54, 1.807) is 24.3 Å². The van der Waals surface area contributed by atoms with Crippen LogP contribution in [0, 0.1) is 0 Å². The molecule has 0 aliphatic carbocycles. The summed E-state index contributed by atoms with van der Waals surface area (Å²) in [6, 6.07) is 6.25. The fourth-order valence-corrected chi connectivity index (χ4v) is 1.54. The minimum Gasteiger partial charge on any atom is -0.465 e. The molecule has 92 valence electrons. The van der Waals surface area contributed by atoms with Gasteiger partial charge in [0.2, 0.25) is 0 Å². The molecule has 1 atom stereocenters. The number of carbonyl (C=O) groups excluding carboxylic acids is 2. The van der Waals surface area contributed by atoms with Gasteiger partial charge in [0.15, 0.2) is 5.78 Å². The van der Waals surface area contributed by atoms with E-state index in [1.807, 2.05) is 13.8 Å². The number of esters is 1. The predicted octanol–water partition coefficient (Wildman–Crippen LogP) is 1.65. The van der Waals surface area contributed by atoms with Gasteiger partial charge in [-0.25, -0.2) is 4.79 Å². The maximum absolute atomic E-state index is 11.9. The summed E-state index contributed by atoms with van der Waals surface area (Å²) in [5.74, 6) is -0.382. The number of nitrogens with one attached hydrogen (secondary N) is 1. The minimum absolute atomic E-state index is 0.0169. The fourth-order valence-electron chi connectivity index (χ4n) is 1.54. The summed E-state index contributed by atoms with van der Waals surface area (Å²) in [5.41, 5.74) is 1.03. The Morgan fingerprint density at radius 2 is 1.76 bits per heavy atom. The minimum atomic E-state index is -0.399. The molecule has 0 radical (unpaired) electrons. The molecular formula is C13H17NO3. The molecule has 0 aliphatic rings. The topological polar surface area (TPSA) is 55.4 Å². The van der Waals surface area contributed by atoms with Gasteiger partial charge in [-0.15, -0.1) is 0 Å². The van der Waals surface area contributed by atoms with Crippen molar-refractivity contribution in [2.24, 2.45) is 0 Å². The van der Waals surface area contributed by atoms with E-state index in [9.17, 15) is 9.59 Å². The van der Waals surface area contributed by atoms with Gasteiger partial charge < -0.3 is 10.1 Å². The fraction of sp³-hybridized carbons (Fsp3) is 0.385. The number of hydrogen-bond acceptors (Lipinski definition) is 4. The van der Waals surface area contributed by atoms with Crippen LogP contribution >= 0.6 is 0 Å². The van der Waals surface area contributed by atoms with Crippen molar-refractivity contribution in [1.82, 2.24) is 5.32 Å². The second-order valence-corrected chi connectivity index (χ2v) is 3.71. The summed E-state index contributed by atoms with van der Waals surface area (Å²) in [6.45, 7) is 4.51. The molecule has 0 amide bonds. The first-order valence-corrected chi connectivity index (χ1v) is 5.56. The molecular weight excluding hydrogens is 218 g/mol. The van der Waals surface area contributed by atoms with Crippen molar-refractivity contribution in [1.29, 1.82) is 0 Å². The maximum atomic E-state index is 11.9. The largest absolute Gasteiger partial charge is 0.465 e. The number of ether oxygens (including phenoxy) is 1. The molecule has 1 aromatic rings. The van der Waals surface area contributed by atoms with Gasteiger partial charge in [0.1, 0.15) is 0 Å². The molecule has 0 bridgehead atoms. The molecule has 0 spiro atoms. The molecule has 1 N–H and O–H groups in total. The van der Waals surface area contributed by atoms with Crippen LogP contribution in [0.2, 0.25) is 0 Å². The number of likely N-dealkylation sites (N-methyl/N-ethyl adjacent to an activating group) is 1. The van der Waals surface area contributed by atoms with Crippen molar-refractivity contribution < 1.29 is 14.3 Å². The summed E-state index contributed by atoms with van der Waals surface area (Å²) in [5, 5.41) is 3.05. The van der Waals surface area contributed by atoms with Crippen LogP contribution in [0.15, 0.2) is 24.3 Å². The molecule has 0 aliphatic heterocycles. The molecule has 1 aromatic carbocycles. The lowest BCUT2D eigenvalue weighted by Gasteiger charge is -2.11. The van der Waals surface area contributed by atoms with Crippen molar-refractivity contribution in [2.45, 2.75) is 19.9 Å². The number of Topliss-reactive ketones (excluding diaryl/α,β-unsaturated/α-hetero) is 1. The maximum Gasteiger partial charge on any atom is 0.337 e. The summed E-state index contributed by atoms with van der Waals surface area (Å²) in [4.78, 5) is 23.1. The summed E-state index contributed by atoms with van der Waals surface area (Å²) in [7, 11) is 1.33. The van der Waals surface area contributed by atoms with Crippen LogP contribution in [0.3, 0.4) is 0 Å². The van der Waals surface area contributed by atoms with Crippen molar-refractivity contribution >= 4 is 11.8 Å². The van der Waals surface area contributed by atoms with Crippen LogP contribution in [-0.2, 0) is 4.74 Å². The zero-order valence-corrected chi connectivity index (χ0v) is 10.3. The smallest absolute Gasteiger partial charge is 0.337 e. The summed E-state index contributed by atoms with van der Waals surface area (Å²) < 4.78 is 4.59. The van der Waals surface area contributed by atoms with Crippen LogP contribution in [0.5, 0.6) is 0 Å². The van der Waals surface area contributed by atoms with E-state index in [2.05, 4.69) is 10.1 Å². The van der Waals surface area contributed by atoms with Gasteiger partial charge >= 0.3 is 5.97 Å². The van der Waals surface area contributed by atoms with Crippen LogP contribution in [0.4, 0.5) is 0 Å². The number of rotatable bonds is 5. The molecule has 0 fully saturated rings. The average molecular weight is 235 g/mol. The van der Waals surface area contributed by atoms with Gasteiger partial charge in [-0.1, -0.05) is 19.1 Å². The van der Waals surface area contributed by atoms with Gasteiger partial charge in [-0.2, -0.15) is 0 Å². The highest BCUT2D eigenvalue weighted by Crippen LogP contribution is 2.08.